The van der Waals surface area contributed by atoms with Crippen molar-refractivity contribution in [1.82, 2.24) is 20.2 Å². The Labute approximate surface area is 140 Å². The van der Waals surface area contributed by atoms with E-state index in [-0.39, 0.29) is 38.1 Å². The summed E-state index contributed by atoms with van der Waals surface area (Å²) >= 11 is 0. The molecule has 3 heterocycles. The van der Waals surface area contributed by atoms with Crippen LogP contribution in [0.5, 0.6) is 0 Å². The number of aromatic nitrogens is 2. The van der Waals surface area contributed by atoms with E-state index in [9.17, 15) is 13.6 Å². The molecule has 1 atom stereocenters. The molecule has 8 heteroatoms. The molecular formula is C16H23F2N5O. The molecule has 6 nitrogen and oxygen atoms in total. The maximum Gasteiger partial charge on any atom is 0.317 e. The second-order valence-electron chi connectivity index (χ2n) is 6.98. The third kappa shape index (κ3) is 3.01. The number of alkyl halides is 2. The lowest BCUT2D eigenvalue weighted by Crippen LogP contribution is -2.60. The highest BCUT2D eigenvalue weighted by Crippen LogP contribution is 2.49. The van der Waals surface area contributed by atoms with Crippen molar-refractivity contribution in [2.45, 2.75) is 38.7 Å². The fourth-order valence-electron chi connectivity index (χ4n) is 3.54. The van der Waals surface area contributed by atoms with Gasteiger partial charge in [0.05, 0.1) is 5.41 Å². The van der Waals surface area contributed by atoms with Crippen LogP contribution in [0.2, 0.25) is 0 Å². The summed E-state index contributed by atoms with van der Waals surface area (Å²) in [4.78, 5) is 23.9. The number of carbonyl (C=O) groups excluding carboxylic acids is 1. The van der Waals surface area contributed by atoms with Gasteiger partial charge in [-0.05, 0) is 26.3 Å². The van der Waals surface area contributed by atoms with Gasteiger partial charge in [0.1, 0.15) is 0 Å². The van der Waals surface area contributed by atoms with E-state index in [0.29, 0.717) is 18.9 Å². The summed E-state index contributed by atoms with van der Waals surface area (Å²) in [5.41, 5.74) is -1.24. The maximum atomic E-state index is 14.7. The van der Waals surface area contributed by atoms with Gasteiger partial charge in [0.25, 0.3) is 5.92 Å². The Morgan fingerprint density at radius 3 is 2.58 bits per heavy atom. The van der Waals surface area contributed by atoms with Crippen LogP contribution in [0, 0.1) is 5.41 Å². The molecule has 1 aromatic heterocycles. The Morgan fingerprint density at radius 1 is 1.21 bits per heavy atom. The summed E-state index contributed by atoms with van der Waals surface area (Å²) in [5, 5.41) is 2.79. The Hall–Kier alpha value is -1.99. The number of halogens is 2. The quantitative estimate of drug-likeness (QED) is 0.897. The Morgan fingerprint density at radius 2 is 1.92 bits per heavy atom. The zero-order valence-electron chi connectivity index (χ0n) is 14.0. The molecular weight excluding hydrogens is 316 g/mol. The SMILES string of the molecule is CC(C)NC(=O)N1CCC(F)(F)C2(CCN(c3ncccn3)C2)C1. The largest absolute Gasteiger partial charge is 0.340 e. The second-order valence-corrected chi connectivity index (χ2v) is 6.98. The fraction of sp³-hybridized carbons (Fsp3) is 0.688. The zero-order chi connectivity index (χ0) is 17.4. The molecule has 0 saturated carbocycles. The Balaban J connectivity index is 1.78. The van der Waals surface area contributed by atoms with E-state index in [2.05, 4.69) is 15.3 Å². The van der Waals surface area contributed by atoms with Gasteiger partial charge in [0.15, 0.2) is 0 Å². The van der Waals surface area contributed by atoms with Gasteiger partial charge >= 0.3 is 6.03 Å². The predicted molar refractivity (Wildman–Crippen MR) is 86.1 cm³/mol. The number of hydrogen-bond acceptors (Lipinski definition) is 4. The number of rotatable bonds is 2. The molecule has 2 aliphatic heterocycles. The Bertz CT molecular complexity index is 597. The number of amides is 2. The first-order chi connectivity index (χ1) is 11.3. The van der Waals surface area contributed by atoms with E-state index < -0.39 is 11.3 Å². The molecule has 1 aromatic rings. The minimum Gasteiger partial charge on any atom is -0.340 e. The molecule has 0 aliphatic carbocycles. The Kier molecular flexibility index (Phi) is 4.31. The molecule has 3 rings (SSSR count). The van der Waals surface area contributed by atoms with Crippen molar-refractivity contribution in [2.24, 2.45) is 5.41 Å². The average molecular weight is 339 g/mol. The van der Waals surface area contributed by atoms with E-state index in [1.54, 1.807) is 23.4 Å². The minimum absolute atomic E-state index is 0.0197. The monoisotopic (exact) mass is 339 g/mol. The molecule has 1 spiro atoms. The van der Waals surface area contributed by atoms with Crippen LogP contribution in [0.3, 0.4) is 0 Å². The standard InChI is InChI=1S/C16H23F2N5O/c1-12(2)21-14(24)23-9-5-16(17,18)15(11-23)4-8-22(10-15)13-19-6-3-7-20-13/h3,6-7,12H,4-5,8-11H2,1-2H3,(H,21,24). The summed E-state index contributed by atoms with van der Waals surface area (Å²) in [7, 11) is 0. The van der Waals surface area contributed by atoms with Gasteiger partial charge in [-0.3, -0.25) is 0 Å². The van der Waals surface area contributed by atoms with Crippen molar-refractivity contribution in [3.63, 3.8) is 0 Å². The average Bonchev–Trinajstić information content (AvgIpc) is 2.96. The molecule has 132 valence electrons. The summed E-state index contributed by atoms with van der Waals surface area (Å²) in [6, 6.07) is 1.41. The van der Waals surface area contributed by atoms with Gasteiger partial charge in [0.2, 0.25) is 5.95 Å². The smallest absolute Gasteiger partial charge is 0.317 e. The summed E-state index contributed by atoms with van der Waals surface area (Å²) in [6.45, 7) is 4.48. The van der Waals surface area contributed by atoms with Crippen molar-refractivity contribution >= 4 is 12.0 Å². The zero-order valence-corrected chi connectivity index (χ0v) is 14.0. The number of nitrogens with zero attached hydrogens (tertiary/aromatic N) is 4. The lowest BCUT2D eigenvalue weighted by atomic mass is 9.75. The van der Waals surface area contributed by atoms with Crippen LogP contribution in [0.4, 0.5) is 19.5 Å². The van der Waals surface area contributed by atoms with Crippen molar-refractivity contribution in [3.05, 3.63) is 18.5 Å². The number of anilines is 1. The van der Waals surface area contributed by atoms with Crippen LogP contribution < -0.4 is 10.2 Å². The number of piperidine rings is 1. The topological polar surface area (TPSA) is 61.4 Å². The lowest BCUT2D eigenvalue weighted by Gasteiger charge is -2.45. The van der Waals surface area contributed by atoms with Gasteiger partial charge < -0.3 is 15.1 Å². The van der Waals surface area contributed by atoms with Crippen LogP contribution in [-0.2, 0) is 0 Å². The summed E-state index contributed by atoms with van der Waals surface area (Å²) in [5.74, 6) is -2.33. The van der Waals surface area contributed by atoms with E-state index in [0.717, 1.165) is 0 Å². The summed E-state index contributed by atoms with van der Waals surface area (Å²) in [6.07, 6.45) is 3.23. The van der Waals surface area contributed by atoms with Crippen LogP contribution in [-0.4, -0.2) is 59.0 Å². The van der Waals surface area contributed by atoms with Crippen LogP contribution in [0.1, 0.15) is 26.7 Å². The molecule has 0 bridgehead atoms. The minimum atomic E-state index is -2.80. The third-order valence-electron chi connectivity index (χ3n) is 4.85. The second kappa shape index (κ2) is 6.14. The molecule has 2 saturated heterocycles. The van der Waals surface area contributed by atoms with E-state index in [1.165, 1.54) is 4.90 Å². The predicted octanol–water partition coefficient (Wildman–Crippen LogP) is 2.13. The van der Waals surface area contributed by atoms with E-state index in [1.807, 2.05) is 13.8 Å². The van der Waals surface area contributed by atoms with E-state index >= 15 is 0 Å². The summed E-state index contributed by atoms with van der Waals surface area (Å²) < 4.78 is 29.5. The fourth-order valence-corrected chi connectivity index (χ4v) is 3.54. The van der Waals surface area contributed by atoms with Gasteiger partial charge in [-0.1, -0.05) is 0 Å². The highest BCUT2D eigenvalue weighted by atomic mass is 19.3. The molecule has 0 radical (unpaired) electrons. The van der Waals surface area contributed by atoms with Gasteiger partial charge in [-0.15, -0.1) is 0 Å². The molecule has 2 amide bonds. The number of carbonyl (C=O) groups is 1. The molecule has 24 heavy (non-hydrogen) atoms. The number of likely N-dealkylation sites (tertiary alicyclic amines) is 1. The first-order valence-electron chi connectivity index (χ1n) is 8.28. The van der Waals surface area contributed by atoms with Crippen molar-refractivity contribution in [2.75, 3.05) is 31.1 Å². The lowest BCUT2D eigenvalue weighted by molar-refractivity contribution is -0.149. The highest BCUT2D eigenvalue weighted by molar-refractivity contribution is 5.74. The van der Waals surface area contributed by atoms with Crippen LogP contribution >= 0.6 is 0 Å². The number of hydrogen-bond donors (Lipinski definition) is 1. The van der Waals surface area contributed by atoms with Crippen LogP contribution in [0.25, 0.3) is 0 Å². The molecule has 2 fully saturated rings. The third-order valence-corrected chi connectivity index (χ3v) is 4.85. The van der Waals surface area contributed by atoms with E-state index in [4.69, 9.17) is 0 Å². The first-order valence-corrected chi connectivity index (χ1v) is 8.28. The molecule has 0 aromatic carbocycles. The maximum absolute atomic E-state index is 14.7. The molecule has 2 aliphatic rings. The van der Waals surface area contributed by atoms with Gasteiger partial charge in [-0.2, -0.15) is 0 Å². The molecule has 1 N–H and O–H groups in total. The van der Waals surface area contributed by atoms with Gasteiger partial charge in [-0.25, -0.2) is 23.5 Å². The number of urea groups is 1. The van der Waals surface area contributed by atoms with Crippen LogP contribution in [0.15, 0.2) is 18.5 Å². The number of nitrogens with one attached hydrogen (secondary N) is 1. The van der Waals surface area contributed by atoms with Crippen molar-refractivity contribution in [1.29, 1.82) is 0 Å². The van der Waals surface area contributed by atoms with Gasteiger partial charge in [0, 0.05) is 51.0 Å². The normalized spacial score (nSPS) is 26.2. The first kappa shape index (κ1) is 16.9. The molecule has 1 unspecified atom stereocenters. The highest BCUT2D eigenvalue weighted by Gasteiger charge is 2.60. The van der Waals surface area contributed by atoms with Crippen molar-refractivity contribution in [3.8, 4) is 0 Å². The van der Waals surface area contributed by atoms with Crippen molar-refractivity contribution < 1.29 is 13.6 Å².